The van der Waals surface area contributed by atoms with Gasteiger partial charge >= 0.3 is 0 Å². The summed E-state index contributed by atoms with van der Waals surface area (Å²) in [5.74, 6) is 0.0579. The van der Waals surface area contributed by atoms with Crippen molar-refractivity contribution in [1.29, 1.82) is 0 Å². The molecule has 0 N–H and O–H groups in total. The number of benzene rings is 1. The molecule has 0 saturated heterocycles. The number of aliphatic imine (C=N–C) groups is 1. The fourth-order valence-electron chi connectivity index (χ4n) is 2.77. The maximum atomic E-state index is 12.3. The van der Waals surface area contributed by atoms with Gasteiger partial charge in [-0.1, -0.05) is 24.3 Å². The molecule has 4 nitrogen and oxygen atoms in total. The zero-order valence-corrected chi connectivity index (χ0v) is 9.92. The van der Waals surface area contributed by atoms with Gasteiger partial charge in [0.1, 0.15) is 6.17 Å². The smallest absolute Gasteiger partial charge is 0.197 e. The Bertz CT molecular complexity index is 669. The molecular formula is C14H11N3O. The van der Waals surface area contributed by atoms with E-state index in [9.17, 15) is 4.79 Å². The van der Waals surface area contributed by atoms with Crippen molar-refractivity contribution in [3.05, 3.63) is 41.0 Å². The minimum atomic E-state index is 0.0303. The minimum Gasteiger partial charge on any atom is -0.288 e. The predicted octanol–water partition coefficient (Wildman–Crippen LogP) is 2.09. The number of nitrogens with zero attached hydrogens (tertiary/aromatic N) is 3. The van der Waals surface area contributed by atoms with E-state index < -0.39 is 0 Å². The molecule has 4 rings (SSSR count). The van der Waals surface area contributed by atoms with Crippen LogP contribution in [0.3, 0.4) is 0 Å². The molecule has 3 aliphatic rings. The Balaban J connectivity index is 1.96. The van der Waals surface area contributed by atoms with Crippen LogP contribution in [0.1, 0.15) is 29.3 Å². The average molecular weight is 237 g/mol. The Morgan fingerprint density at radius 1 is 1.28 bits per heavy atom. The summed E-state index contributed by atoms with van der Waals surface area (Å²) in [7, 11) is 0. The summed E-state index contributed by atoms with van der Waals surface area (Å²) in [5, 5.41) is 6.41. The van der Waals surface area contributed by atoms with E-state index in [4.69, 9.17) is 0 Å². The maximum absolute atomic E-state index is 12.3. The first-order valence-corrected chi connectivity index (χ1v) is 6.00. The van der Waals surface area contributed by atoms with Gasteiger partial charge in [-0.05, 0) is 6.92 Å². The summed E-state index contributed by atoms with van der Waals surface area (Å²) < 4.78 is 0. The van der Waals surface area contributed by atoms with E-state index in [1.54, 1.807) is 6.21 Å². The van der Waals surface area contributed by atoms with Crippen LogP contribution in [-0.4, -0.2) is 28.9 Å². The number of hydrogen-bond acceptors (Lipinski definition) is 4. The molecule has 1 aromatic rings. The molecule has 0 fully saturated rings. The third-order valence-electron chi connectivity index (χ3n) is 3.57. The van der Waals surface area contributed by atoms with Crippen molar-refractivity contribution in [2.75, 3.05) is 0 Å². The molecule has 1 atom stereocenters. The lowest BCUT2D eigenvalue weighted by Gasteiger charge is -2.25. The number of allylic oxidation sites excluding steroid dienone is 1. The van der Waals surface area contributed by atoms with Crippen LogP contribution in [0.25, 0.3) is 5.70 Å². The van der Waals surface area contributed by atoms with Crippen molar-refractivity contribution >= 4 is 23.4 Å². The average Bonchev–Trinajstić information content (AvgIpc) is 2.88. The molecule has 1 unspecified atom stereocenters. The number of Topliss-reactive ketones (excluding diaryl/α,β-unsaturated/α-hetero) is 1. The molecule has 4 heteroatoms. The van der Waals surface area contributed by atoms with E-state index in [1.807, 2.05) is 36.2 Å². The zero-order valence-electron chi connectivity index (χ0n) is 9.92. The third-order valence-corrected chi connectivity index (χ3v) is 3.57. The van der Waals surface area contributed by atoms with Crippen LogP contribution in [-0.2, 0) is 0 Å². The van der Waals surface area contributed by atoms with Crippen molar-refractivity contribution in [3.63, 3.8) is 0 Å². The summed E-state index contributed by atoms with van der Waals surface area (Å²) >= 11 is 0. The SMILES string of the molecule is CC1=NN2C3=C(C=NC2C1)C(=O)c1ccccc13. The molecule has 0 spiro atoms. The van der Waals surface area contributed by atoms with E-state index >= 15 is 0 Å². The Morgan fingerprint density at radius 3 is 2.89 bits per heavy atom. The lowest BCUT2D eigenvalue weighted by atomic mass is 10.1. The van der Waals surface area contributed by atoms with Crippen LogP contribution in [0.15, 0.2) is 39.9 Å². The Labute approximate surface area is 104 Å². The van der Waals surface area contributed by atoms with Gasteiger partial charge < -0.3 is 0 Å². The van der Waals surface area contributed by atoms with Crippen molar-refractivity contribution in [1.82, 2.24) is 5.01 Å². The molecule has 0 amide bonds. The highest BCUT2D eigenvalue weighted by Crippen LogP contribution is 2.40. The monoisotopic (exact) mass is 237 g/mol. The van der Waals surface area contributed by atoms with Crippen LogP contribution >= 0.6 is 0 Å². The van der Waals surface area contributed by atoms with Crippen LogP contribution in [0.4, 0.5) is 0 Å². The fourth-order valence-corrected chi connectivity index (χ4v) is 2.77. The van der Waals surface area contributed by atoms with Crippen LogP contribution in [0.2, 0.25) is 0 Å². The lowest BCUT2D eigenvalue weighted by molar-refractivity contribution is 0.104. The highest BCUT2D eigenvalue weighted by Gasteiger charge is 2.39. The van der Waals surface area contributed by atoms with Crippen LogP contribution < -0.4 is 0 Å². The maximum Gasteiger partial charge on any atom is 0.197 e. The first-order chi connectivity index (χ1) is 8.75. The molecule has 1 aliphatic carbocycles. The quantitative estimate of drug-likeness (QED) is 0.693. The Morgan fingerprint density at radius 2 is 2.06 bits per heavy atom. The van der Waals surface area contributed by atoms with E-state index in [0.717, 1.165) is 29.0 Å². The van der Waals surface area contributed by atoms with Crippen molar-refractivity contribution in [3.8, 4) is 0 Å². The highest BCUT2D eigenvalue weighted by atomic mass is 16.1. The second-order valence-electron chi connectivity index (χ2n) is 4.78. The van der Waals surface area contributed by atoms with E-state index in [1.165, 1.54) is 0 Å². The minimum absolute atomic E-state index is 0.0303. The van der Waals surface area contributed by atoms with E-state index in [0.29, 0.717) is 5.57 Å². The number of rotatable bonds is 0. The molecule has 18 heavy (non-hydrogen) atoms. The summed E-state index contributed by atoms with van der Waals surface area (Å²) in [6, 6.07) is 7.69. The number of hydrazone groups is 1. The molecule has 2 aliphatic heterocycles. The summed E-state index contributed by atoms with van der Waals surface area (Å²) in [6.45, 7) is 2.00. The number of carbonyl (C=O) groups is 1. The first-order valence-electron chi connectivity index (χ1n) is 6.00. The second kappa shape index (κ2) is 3.16. The van der Waals surface area contributed by atoms with Gasteiger partial charge in [0.2, 0.25) is 0 Å². The van der Waals surface area contributed by atoms with E-state index in [2.05, 4.69) is 10.1 Å². The van der Waals surface area contributed by atoms with Gasteiger partial charge in [-0.25, -0.2) is 5.01 Å². The largest absolute Gasteiger partial charge is 0.288 e. The van der Waals surface area contributed by atoms with Gasteiger partial charge in [0.15, 0.2) is 5.78 Å². The second-order valence-corrected chi connectivity index (χ2v) is 4.78. The molecular weight excluding hydrogens is 226 g/mol. The molecule has 88 valence electrons. The molecule has 0 radical (unpaired) electrons. The van der Waals surface area contributed by atoms with Crippen molar-refractivity contribution in [2.45, 2.75) is 19.5 Å². The molecule has 0 saturated carbocycles. The third kappa shape index (κ3) is 1.07. The van der Waals surface area contributed by atoms with Crippen LogP contribution in [0.5, 0.6) is 0 Å². The predicted molar refractivity (Wildman–Crippen MR) is 69.5 cm³/mol. The lowest BCUT2D eigenvalue weighted by Crippen LogP contribution is -2.27. The summed E-state index contributed by atoms with van der Waals surface area (Å²) in [4.78, 5) is 16.7. The van der Waals surface area contributed by atoms with Gasteiger partial charge in [0, 0.05) is 29.5 Å². The standard InChI is InChI=1S/C14H11N3O/c1-8-6-12-15-7-11-13(17(12)16-8)9-4-2-3-5-10(9)14(11)18/h2-5,7,12H,6H2,1H3. The highest BCUT2D eigenvalue weighted by molar-refractivity contribution is 6.31. The van der Waals surface area contributed by atoms with Crippen molar-refractivity contribution < 1.29 is 4.79 Å². The normalized spacial score (nSPS) is 24.1. The zero-order chi connectivity index (χ0) is 12.3. The molecule has 0 aromatic heterocycles. The summed E-state index contributed by atoms with van der Waals surface area (Å²) in [6.07, 6.45) is 2.58. The number of fused-ring (bicyclic) bond motifs is 4. The van der Waals surface area contributed by atoms with Gasteiger partial charge in [-0.2, -0.15) is 5.10 Å². The van der Waals surface area contributed by atoms with Gasteiger partial charge in [-0.15, -0.1) is 0 Å². The number of hydrogen-bond donors (Lipinski definition) is 0. The van der Waals surface area contributed by atoms with Gasteiger partial charge in [0.25, 0.3) is 0 Å². The molecule has 0 bridgehead atoms. The Hall–Kier alpha value is -2.23. The van der Waals surface area contributed by atoms with Gasteiger partial charge in [0.05, 0.1) is 11.3 Å². The fraction of sp³-hybridized carbons (Fsp3) is 0.214. The molecule has 1 aromatic carbocycles. The number of carbonyl (C=O) groups excluding carboxylic acids is 1. The topological polar surface area (TPSA) is 45.0 Å². The van der Waals surface area contributed by atoms with Gasteiger partial charge in [-0.3, -0.25) is 9.79 Å². The van der Waals surface area contributed by atoms with Crippen LogP contribution in [0, 0.1) is 0 Å². The number of ketones is 1. The Kier molecular flexibility index (Phi) is 1.71. The summed E-state index contributed by atoms with van der Waals surface area (Å²) in [5.41, 5.74) is 4.39. The van der Waals surface area contributed by atoms with Crippen molar-refractivity contribution in [2.24, 2.45) is 10.1 Å². The first kappa shape index (κ1) is 9.76. The van der Waals surface area contributed by atoms with E-state index in [-0.39, 0.29) is 11.9 Å². The molecule has 2 heterocycles.